The highest BCUT2D eigenvalue weighted by molar-refractivity contribution is 7.71. The van der Waals surface area contributed by atoms with Crippen LogP contribution < -0.4 is 4.74 Å². The van der Waals surface area contributed by atoms with Gasteiger partial charge in [-0.2, -0.15) is 14.9 Å². The molecule has 116 valence electrons. The molecule has 0 saturated carbocycles. The standard InChI is InChI=1S/C17H16N4OS/c1-12-3-5-13(6-4-12)11-18-21-16(19-20-17(21)23)14-7-9-15(22-2)10-8-14/h3-11H,1-2H3,(H,20,23). The first kappa shape index (κ1) is 15.2. The van der Waals surface area contributed by atoms with Crippen molar-refractivity contribution in [1.29, 1.82) is 0 Å². The van der Waals surface area contributed by atoms with Crippen LogP contribution in [0.15, 0.2) is 53.6 Å². The summed E-state index contributed by atoms with van der Waals surface area (Å²) in [6.07, 6.45) is 1.76. The first-order valence-electron chi connectivity index (χ1n) is 7.10. The van der Waals surface area contributed by atoms with Crippen LogP contribution in [-0.4, -0.2) is 28.2 Å². The van der Waals surface area contributed by atoms with Crippen molar-refractivity contribution in [2.45, 2.75) is 6.92 Å². The number of aromatic amines is 1. The summed E-state index contributed by atoms with van der Waals surface area (Å²) in [5, 5.41) is 11.5. The third-order valence-electron chi connectivity index (χ3n) is 3.40. The number of nitrogens with zero attached hydrogens (tertiary/aromatic N) is 3. The molecule has 1 heterocycles. The minimum absolute atomic E-state index is 0.444. The summed E-state index contributed by atoms with van der Waals surface area (Å²) in [4.78, 5) is 0. The molecule has 6 heteroatoms. The van der Waals surface area contributed by atoms with Gasteiger partial charge in [-0.3, -0.25) is 0 Å². The molecule has 0 atom stereocenters. The Labute approximate surface area is 139 Å². The summed E-state index contributed by atoms with van der Waals surface area (Å²) in [5.41, 5.74) is 3.11. The molecule has 2 aromatic carbocycles. The molecule has 3 rings (SSSR count). The maximum Gasteiger partial charge on any atom is 0.216 e. The molecule has 23 heavy (non-hydrogen) atoms. The van der Waals surface area contributed by atoms with Gasteiger partial charge < -0.3 is 4.74 Å². The van der Waals surface area contributed by atoms with Crippen molar-refractivity contribution in [3.05, 3.63) is 64.4 Å². The van der Waals surface area contributed by atoms with Crippen molar-refractivity contribution in [3.63, 3.8) is 0 Å². The normalized spacial score (nSPS) is 11.0. The Morgan fingerprint density at radius 3 is 2.48 bits per heavy atom. The SMILES string of the molecule is COc1ccc(-c2n[nH]c(=S)n2N=Cc2ccc(C)cc2)cc1. The van der Waals surface area contributed by atoms with Crippen LogP contribution in [0.2, 0.25) is 0 Å². The van der Waals surface area contributed by atoms with E-state index in [1.54, 1.807) is 18.0 Å². The van der Waals surface area contributed by atoms with Gasteiger partial charge in [0.2, 0.25) is 4.77 Å². The maximum absolute atomic E-state index is 5.26. The van der Waals surface area contributed by atoms with Crippen LogP contribution in [0.25, 0.3) is 11.4 Å². The van der Waals surface area contributed by atoms with Gasteiger partial charge in [0.25, 0.3) is 0 Å². The Morgan fingerprint density at radius 1 is 1.13 bits per heavy atom. The van der Waals surface area contributed by atoms with Gasteiger partial charge in [-0.05, 0) is 49.0 Å². The first-order valence-corrected chi connectivity index (χ1v) is 7.51. The average Bonchev–Trinajstić information content (AvgIpc) is 2.95. The van der Waals surface area contributed by atoms with Gasteiger partial charge >= 0.3 is 0 Å². The molecule has 0 aliphatic heterocycles. The van der Waals surface area contributed by atoms with Crippen LogP contribution in [0.4, 0.5) is 0 Å². The second kappa shape index (κ2) is 6.58. The number of benzene rings is 2. The second-order valence-corrected chi connectivity index (χ2v) is 5.43. The van der Waals surface area contributed by atoms with E-state index in [2.05, 4.69) is 22.2 Å². The highest BCUT2D eigenvalue weighted by Gasteiger charge is 2.08. The van der Waals surface area contributed by atoms with Crippen molar-refractivity contribution in [2.75, 3.05) is 7.11 Å². The molecule has 5 nitrogen and oxygen atoms in total. The summed E-state index contributed by atoms with van der Waals surface area (Å²) < 4.78 is 7.22. The lowest BCUT2D eigenvalue weighted by atomic mass is 10.2. The number of H-pyrrole nitrogens is 1. The minimum Gasteiger partial charge on any atom is -0.497 e. The number of ether oxygens (including phenoxy) is 1. The van der Waals surface area contributed by atoms with Gasteiger partial charge in [0.1, 0.15) is 5.75 Å². The van der Waals surface area contributed by atoms with Crippen LogP contribution in [-0.2, 0) is 0 Å². The van der Waals surface area contributed by atoms with E-state index in [0.29, 0.717) is 10.6 Å². The molecule has 3 aromatic rings. The van der Waals surface area contributed by atoms with E-state index in [9.17, 15) is 0 Å². The number of hydrogen-bond acceptors (Lipinski definition) is 4. The van der Waals surface area contributed by atoms with Crippen LogP contribution in [0.5, 0.6) is 5.75 Å². The molecule has 0 aliphatic carbocycles. The number of aryl methyl sites for hydroxylation is 1. The second-order valence-electron chi connectivity index (χ2n) is 5.05. The van der Waals surface area contributed by atoms with E-state index < -0.39 is 0 Å². The van der Waals surface area contributed by atoms with E-state index in [0.717, 1.165) is 16.9 Å². The smallest absolute Gasteiger partial charge is 0.216 e. The minimum atomic E-state index is 0.444. The van der Waals surface area contributed by atoms with Crippen LogP contribution in [0.1, 0.15) is 11.1 Å². The number of rotatable bonds is 4. The molecule has 0 fully saturated rings. The highest BCUT2D eigenvalue weighted by atomic mass is 32.1. The van der Waals surface area contributed by atoms with E-state index in [1.165, 1.54) is 5.56 Å². The lowest BCUT2D eigenvalue weighted by molar-refractivity contribution is 0.415. The van der Waals surface area contributed by atoms with Crippen molar-refractivity contribution in [3.8, 4) is 17.1 Å². The van der Waals surface area contributed by atoms with Gasteiger partial charge in [-0.25, -0.2) is 5.10 Å². The average molecular weight is 324 g/mol. The lowest BCUT2D eigenvalue weighted by Crippen LogP contribution is -1.95. The highest BCUT2D eigenvalue weighted by Crippen LogP contribution is 2.20. The Bertz CT molecular complexity index is 876. The van der Waals surface area contributed by atoms with Crippen molar-refractivity contribution < 1.29 is 4.74 Å². The zero-order valence-electron chi connectivity index (χ0n) is 12.9. The number of aromatic nitrogens is 3. The largest absolute Gasteiger partial charge is 0.497 e. The van der Waals surface area contributed by atoms with Crippen molar-refractivity contribution in [2.24, 2.45) is 5.10 Å². The molecule has 0 spiro atoms. The Hall–Kier alpha value is -2.73. The third-order valence-corrected chi connectivity index (χ3v) is 3.66. The zero-order chi connectivity index (χ0) is 16.2. The Balaban J connectivity index is 1.95. The molecular formula is C17H16N4OS. The van der Waals surface area contributed by atoms with Crippen molar-refractivity contribution in [1.82, 2.24) is 14.9 Å². The lowest BCUT2D eigenvalue weighted by Gasteiger charge is -2.03. The molecule has 0 unspecified atom stereocenters. The topological polar surface area (TPSA) is 55.2 Å². The summed E-state index contributed by atoms with van der Waals surface area (Å²) in [7, 11) is 1.64. The van der Waals surface area contributed by atoms with Gasteiger partial charge in [0.05, 0.1) is 13.3 Å². The number of hydrogen-bond donors (Lipinski definition) is 1. The molecule has 0 radical (unpaired) electrons. The van der Waals surface area contributed by atoms with E-state index in [-0.39, 0.29) is 0 Å². The molecule has 0 bridgehead atoms. The van der Waals surface area contributed by atoms with Crippen molar-refractivity contribution >= 4 is 18.4 Å². The fraction of sp³-hybridized carbons (Fsp3) is 0.118. The maximum atomic E-state index is 5.26. The molecule has 0 amide bonds. The van der Waals surface area contributed by atoms with Crippen LogP contribution in [0.3, 0.4) is 0 Å². The zero-order valence-corrected chi connectivity index (χ0v) is 13.7. The Morgan fingerprint density at radius 2 is 1.83 bits per heavy atom. The van der Waals surface area contributed by atoms with Gasteiger partial charge in [0.15, 0.2) is 5.82 Å². The fourth-order valence-corrected chi connectivity index (χ4v) is 2.28. The van der Waals surface area contributed by atoms with Crippen LogP contribution in [0, 0.1) is 11.7 Å². The molecular weight excluding hydrogens is 308 g/mol. The van der Waals surface area contributed by atoms with E-state index >= 15 is 0 Å². The van der Waals surface area contributed by atoms with Gasteiger partial charge in [-0.15, -0.1) is 0 Å². The predicted molar refractivity (Wildman–Crippen MR) is 93.6 cm³/mol. The summed E-state index contributed by atoms with van der Waals surface area (Å²) in [6.45, 7) is 2.05. The van der Waals surface area contributed by atoms with Crippen LogP contribution >= 0.6 is 12.2 Å². The number of nitrogens with one attached hydrogen (secondary N) is 1. The predicted octanol–water partition coefficient (Wildman–Crippen LogP) is 3.81. The molecule has 1 N–H and O–H groups in total. The van der Waals surface area contributed by atoms with E-state index in [1.807, 2.05) is 48.5 Å². The molecule has 0 saturated heterocycles. The van der Waals surface area contributed by atoms with Gasteiger partial charge in [0, 0.05) is 5.56 Å². The third kappa shape index (κ3) is 3.37. The Kier molecular flexibility index (Phi) is 4.34. The van der Waals surface area contributed by atoms with Gasteiger partial charge in [-0.1, -0.05) is 29.8 Å². The monoisotopic (exact) mass is 324 g/mol. The fourth-order valence-electron chi connectivity index (χ4n) is 2.10. The van der Waals surface area contributed by atoms with E-state index in [4.69, 9.17) is 17.0 Å². The quantitative estimate of drug-likeness (QED) is 0.586. The molecule has 0 aliphatic rings. The summed E-state index contributed by atoms with van der Waals surface area (Å²) in [5.74, 6) is 1.44. The summed E-state index contributed by atoms with van der Waals surface area (Å²) in [6, 6.07) is 15.7. The first-order chi connectivity index (χ1) is 11.2. The molecule has 1 aromatic heterocycles. The summed E-state index contributed by atoms with van der Waals surface area (Å²) >= 11 is 5.26. The number of methoxy groups -OCH3 is 1.